The summed E-state index contributed by atoms with van der Waals surface area (Å²) in [5, 5.41) is 13.9. The van der Waals surface area contributed by atoms with Gasteiger partial charge < -0.3 is 29.7 Å². The molecular weight excluding hydrogens is 702 g/mol. The van der Waals surface area contributed by atoms with E-state index in [0.29, 0.717) is 25.8 Å². The topological polar surface area (TPSA) is 125 Å². The first-order valence-corrected chi connectivity index (χ1v) is 18.4. The maximum atomic E-state index is 14.8. The number of carbonyl (C=O) groups excluding carboxylic acids is 4. The van der Waals surface area contributed by atoms with Crippen molar-refractivity contribution in [3.05, 3.63) is 97.1 Å². The van der Waals surface area contributed by atoms with Crippen molar-refractivity contribution in [1.29, 1.82) is 0 Å². The molecule has 3 aliphatic rings. The summed E-state index contributed by atoms with van der Waals surface area (Å²) in [4.78, 5) is 59.3. The number of rotatable bonds is 18. The Bertz CT molecular complexity index is 1520. The van der Waals surface area contributed by atoms with Gasteiger partial charge in [0.05, 0.1) is 36.6 Å². The highest BCUT2D eigenvalue weighted by Crippen LogP contribution is 2.60. The van der Waals surface area contributed by atoms with Crippen LogP contribution in [-0.2, 0) is 35.1 Å². The Labute approximate surface area is 303 Å². The molecule has 3 fully saturated rings. The first-order valence-electron chi connectivity index (χ1n) is 17.5. The Hall–Kier alpha value is -3.80. The number of ether oxygens (including phenoxy) is 2. The third kappa shape index (κ3) is 7.60. The van der Waals surface area contributed by atoms with Crippen LogP contribution >= 0.6 is 15.9 Å². The molecule has 2 N–H and O–H groups in total. The molecule has 2 aromatic carbocycles. The number of benzene rings is 2. The molecular formula is C39H48BrN3O7. The van der Waals surface area contributed by atoms with Crippen molar-refractivity contribution in [2.24, 2.45) is 11.8 Å². The normalized spacial score (nSPS) is 26.2. The third-order valence-corrected chi connectivity index (χ3v) is 11.0. The average molecular weight is 751 g/mol. The molecule has 0 aromatic heterocycles. The summed E-state index contributed by atoms with van der Waals surface area (Å²) in [5.74, 6) is -3.42. The monoisotopic (exact) mass is 749 g/mol. The number of nitrogens with zero attached hydrogens (tertiary/aromatic N) is 2. The summed E-state index contributed by atoms with van der Waals surface area (Å²) in [6.07, 6.45) is 5.55. The number of allylic oxidation sites excluding steroid dienone is 1. The van der Waals surface area contributed by atoms with Crippen LogP contribution in [0, 0.1) is 11.8 Å². The van der Waals surface area contributed by atoms with Crippen molar-refractivity contribution in [1.82, 2.24) is 15.1 Å². The van der Waals surface area contributed by atoms with Crippen molar-refractivity contribution < 1.29 is 33.8 Å². The number of hydrogen-bond acceptors (Lipinski definition) is 7. The van der Waals surface area contributed by atoms with Crippen molar-refractivity contribution in [3.8, 4) is 0 Å². The van der Waals surface area contributed by atoms with E-state index in [9.17, 15) is 24.3 Å². The largest absolute Gasteiger partial charge is 0.463 e. The van der Waals surface area contributed by atoms with Gasteiger partial charge in [-0.05, 0) is 36.8 Å². The van der Waals surface area contributed by atoms with Crippen LogP contribution in [0.1, 0.15) is 56.2 Å². The smallest absolute Gasteiger partial charge is 0.306 e. The van der Waals surface area contributed by atoms with Crippen molar-refractivity contribution in [2.45, 2.75) is 80.1 Å². The number of halogens is 1. The number of nitrogens with one attached hydrogen (secondary N) is 1. The SMILES string of the molecule is C=CCCC(=O)OC[C@H](NC(=O)[C@H]1[C@@H]2O[C@@]3(CC2Br)[C@@H]1C(=O)N([C@@H](CO)Cc1ccccc1)[C@@H]3C(=O)N(CC=C)CCCC)c1ccccc1. The van der Waals surface area contributed by atoms with Gasteiger partial charge in [-0.3, -0.25) is 19.2 Å². The van der Waals surface area contributed by atoms with Crippen LogP contribution in [0.3, 0.4) is 0 Å². The van der Waals surface area contributed by atoms with Gasteiger partial charge in [0.25, 0.3) is 0 Å². The van der Waals surface area contributed by atoms with E-state index >= 15 is 0 Å². The number of amides is 3. The average Bonchev–Trinajstić information content (AvgIpc) is 3.73. The molecule has 0 saturated carbocycles. The summed E-state index contributed by atoms with van der Waals surface area (Å²) in [6.45, 7) is 9.84. The van der Waals surface area contributed by atoms with Gasteiger partial charge in [-0.25, -0.2) is 0 Å². The molecule has 1 spiro atoms. The lowest BCUT2D eigenvalue weighted by Gasteiger charge is -2.39. The maximum absolute atomic E-state index is 14.8. The summed E-state index contributed by atoms with van der Waals surface area (Å²) in [7, 11) is 0. The van der Waals surface area contributed by atoms with E-state index in [-0.39, 0.29) is 42.8 Å². The number of aliphatic hydroxyl groups is 1. The van der Waals surface area contributed by atoms with Gasteiger partial charge in [-0.15, -0.1) is 13.2 Å². The number of likely N-dealkylation sites (tertiary alicyclic amines) is 1. The highest BCUT2D eigenvalue weighted by molar-refractivity contribution is 9.09. The van der Waals surface area contributed by atoms with Gasteiger partial charge in [0.1, 0.15) is 18.2 Å². The Kier molecular flexibility index (Phi) is 12.7. The van der Waals surface area contributed by atoms with E-state index in [1.54, 1.807) is 17.1 Å². The third-order valence-electron chi connectivity index (χ3n) is 10.1. The Balaban J connectivity index is 1.51. The predicted octanol–water partition coefficient (Wildman–Crippen LogP) is 4.52. The van der Waals surface area contributed by atoms with Crippen LogP contribution in [0.2, 0.25) is 0 Å². The van der Waals surface area contributed by atoms with Crippen molar-refractivity contribution in [2.75, 3.05) is 26.3 Å². The quantitative estimate of drug-likeness (QED) is 0.131. The first-order chi connectivity index (χ1) is 24.2. The fraction of sp³-hybridized carbons (Fsp3) is 0.487. The minimum atomic E-state index is -1.30. The second-order valence-corrected chi connectivity index (χ2v) is 14.5. The lowest BCUT2D eigenvalue weighted by Crippen LogP contribution is -2.59. The zero-order valence-corrected chi connectivity index (χ0v) is 30.2. The van der Waals surface area contributed by atoms with E-state index in [2.05, 4.69) is 34.4 Å². The predicted molar refractivity (Wildman–Crippen MR) is 193 cm³/mol. The maximum Gasteiger partial charge on any atom is 0.306 e. The molecule has 0 aliphatic carbocycles. The van der Waals surface area contributed by atoms with Crippen LogP contribution < -0.4 is 5.32 Å². The van der Waals surface area contributed by atoms with E-state index in [1.165, 1.54) is 4.90 Å². The summed E-state index contributed by atoms with van der Waals surface area (Å²) in [5.41, 5.74) is 0.336. The molecule has 3 aliphatic heterocycles. The molecule has 3 heterocycles. The highest BCUT2D eigenvalue weighted by Gasteiger charge is 2.77. The molecule has 0 radical (unpaired) electrons. The van der Waals surface area contributed by atoms with Crippen LogP contribution in [0.15, 0.2) is 86.0 Å². The molecule has 50 heavy (non-hydrogen) atoms. The van der Waals surface area contributed by atoms with E-state index in [4.69, 9.17) is 9.47 Å². The number of aliphatic hydroxyl groups excluding tert-OH is 1. The fourth-order valence-corrected chi connectivity index (χ4v) is 8.73. The van der Waals surface area contributed by atoms with Gasteiger partial charge in [-0.2, -0.15) is 0 Å². The van der Waals surface area contributed by atoms with E-state index < -0.39 is 53.5 Å². The molecule has 11 heteroatoms. The summed E-state index contributed by atoms with van der Waals surface area (Å²) < 4.78 is 12.3. The zero-order chi connectivity index (χ0) is 35.8. The molecule has 2 bridgehead atoms. The second-order valence-electron chi connectivity index (χ2n) is 13.3. The van der Waals surface area contributed by atoms with Crippen LogP contribution in [-0.4, -0.2) is 93.5 Å². The fourth-order valence-electron chi connectivity index (χ4n) is 7.79. The molecule has 268 valence electrons. The van der Waals surface area contributed by atoms with Crippen LogP contribution in [0.5, 0.6) is 0 Å². The lowest BCUT2D eigenvalue weighted by atomic mass is 9.70. The Morgan fingerprint density at radius 3 is 2.48 bits per heavy atom. The Morgan fingerprint density at radius 2 is 1.84 bits per heavy atom. The summed E-state index contributed by atoms with van der Waals surface area (Å²) in [6, 6.07) is 16.2. The van der Waals surface area contributed by atoms with Gasteiger partial charge in [-0.1, -0.05) is 102 Å². The van der Waals surface area contributed by atoms with Crippen LogP contribution in [0.25, 0.3) is 0 Å². The molecule has 2 aromatic rings. The number of esters is 1. The van der Waals surface area contributed by atoms with Gasteiger partial charge in [0.2, 0.25) is 17.7 Å². The van der Waals surface area contributed by atoms with Gasteiger partial charge >= 0.3 is 5.97 Å². The number of fused-ring (bicyclic) bond motifs is 1. The lowest BCUT2D eigenvalue weighted by molar-refractivity contribution is -0.151. The van der Waals surface area contributed by atoms with Crippen molar-refractivity contribution in [3.63, 3.8) is 0 Å². The molecule has 3 amide bonds. The number of alkyl halides is 1. The number of unbranched alkanes of at least 4 members (excludes halogenated alkanes) is 1. The molecule has 3 saturated heterocycles. The first kappa shape index (κ1) is 37.5. The highest BCUT2D eigenvalue weighted by atomic mass is 79.9. The van der Waals surface area contributed by atoms with E-state index in [0.717, 1.165) is 24.0 Å². The standard InChI is InChI=1S/C39H48BrN3O7/c1-4-7-19-31(45)49-25-30(27-17-13-10-14-18-27)41-36(46)32-33-37(47)43(28(24-44)22-26-15-11-9-12-16-26)35(39(33)23-29(40)34(32)50-39)38(48)42(20-6-3)21-8-5-2/h4,6,9-18,28-30,32-35,44H,1,3,5,7-8,19-25H2,2H3,(H,41,46)/t28-,29?,30+,32-,33+,34-,35-,39+/m1/s1. The molecule has 8 atom stereocenters. The second kappa shape index (κ2) is 16.9. The zero-order valence-electron chi connectivity index (χ0n) is 28.6. The number of hydrogen-bond donors (Lipinski definition) is 2. The molecule has 5 rings (SSSR count). The minimum Gasteiger partial charge on any atom is -0.463 e. The Morgan fingerprint density at radius 1 is 1.14 bits per heavy atom. The minimum absolute atomic E-state index is 0.101. The van der Waals surface area contributed by atoms with Gasteiger partial charge in [0, 0.05) is 24.3 Å². The van der Waals surface area contributed by atoms with E-state index in [1.807, 2.05) is 67.6 Å². The van der Waals surface area contributed by atoms with Crippen LogP contribution in [0.4, 0.5) is 0 Å². The molecule has 1 unspecified atom stereocenters. The van der Waals surface area contributed by atoms with Crippen molar-refractivity contribution >= 4 is 39.6 Å². The molecule has 10 nitrogen and oxygen atoms in total. The van der Waals surface area contributed by atoms with Gasteiger partial charge in [0.15, 0.2) is 0 Å². The number of carbonyl (C=O) groups is 4. The summed E-state index contributed by atoms with van der Waals surface area (Å²) >= 11 is 3.75.